The molecule has 0 spiro atoms. The van der Waals surface area contributed by atoms with E-state index < -0.39 is 0 Å². The minimum Gasteiger partial charge on any atom is -0.469 e. The Morgan fingerprint density at radius 3 is 3.16 bits per heavy atom. The molecule has 0 amide bonds. The van der Waals surface area contributed by atoms with E-state index in [-0.39, 0.29) is 5.97 Å². The van der Waals surface area contributed by atoms with Crippen LogP contribution in [-0.2, 0) is 9.53 Å². The minimum atomic E-state index is -0.153. The number of esters is 1. The van der Waals surface area contributed by atoms with Gasteiger partial charge in [0.15, 0.2) is 0 Å². The molecule has 1 aromatic heterocycles. The second-order valence-electron chi connectivity index (χ2n) is 3.86. The molecule has 0 bridgehead atoms. The minimum absolute atomic E-state index is 0.153. The highest BCUT2D eigenvalue weighted by Crippen LogP contribution is 2.20. The molecule has 0 saturated carbocycles. The van der Waals surface area contributed by atoms with Gasteiger partial charge in [-0.2, -0.15) is 4.37 Å². The summed E-state index contributed by atoms with van der Waals surface area (Å²) in [6.07, 6.45) is 8.28. The van der Waals surface area contributed by atoms with Gasteiger partial charge in [0.25, 0.3) is 0 Å². The largest absolute Gasteiger partial charge is 0.469 e. The van der Waals surface area contributed by atoms with Gasteiger partial charge in [-0.1, -0.05) is 6.08 Å². The standard InChI is InChI=1S/C12H15N3O2S2/c1-17-11(16)4-7-18-9-15-5-2-10(3-6-15)12-13-8-14-19-12/h2-3,5,8H,4,6-7,9H2,1H3. The highest BCUT2D eigenvalue weighted by atomic mass is 32.2. The zero-order chi connectivity index (χ0) is 13.5. The van der Waals surface area contributed by atoms with Crippen molar-refractivity contribution in [2.45, 2.75) is 6.42 Å². The summed E-state index contributed by atoms with van der Waals surface area (Å²) in [6, 6.07) is 0. The van der Waals surface area contributed by atoms with Crippen LogP contribution in [0.5, 0.6) is 0 Å². The third-order valence-electron chi connectivity index (χ3n) is 2.55. The van der Waals surface area contributed by atoms with Gasteiger partial charge in [-0.25, -0.2) is 4.98 Å². The lowest BCUT2D eigenvalue weighted by Crippen LogP contribution is -2.19. The van der Waals surface area contributed by atoms with Gasteiger partial charge in [0.05, 0.1) is 19.4 Å². The van der Waals surface area contributed by atoms with Crippen LogP contribution >= 0.6 is 23.3 Å². The van der Waals surface area contributed by atoms with Gasteiger partial charge in [0, 0.05) is 24.1 Å². The number of rotatable bonds is 6. The van der Waals surface area contributed by atoms with E-state index >= 15 is 0 Å². The summed E-state index contributed by atoms with van der Waals surface area (Å²) in [5.74, 6) is 1.50. The van der Waals surface area contributed by atoms with Gasteiger partial charge in [-0.15, -0.1) is 11.8 Å². The van der Waals surface area contributed by atoms with Crippen molar-refractivity contribution < 1.29 is 9.53 Å². The average molecular weight is 297 g/mol. The van der Waals surface area contributed by atoms with Gasteiger partial charge >= 0.3 is 5.97 Å². The molecule has 0 atom stereocenters. The molecular weight excluding hydrogens is 282 g/mol. The van der Waals surface area contributed by atoms with Gasteiger partial charge in [0.1, 0.15) is 11.3 Å². The number of ether oxygens (including phenoxy) is 1. The Labute approximate surface area is 120 Å². The van der Waals surface area contributed by atoms with Gasteiger partial charge in [0.2, 0.25) is 0 Å². The Bertz CT molecular complexity index is 471. The Balaban J connectivity index is 1.69. The summed E-state index contributed by atoms with van der Waals surface area (Å²) >= 11 is 3.12. The molecule has 0 saturated heterocycles. The Morgan fingerprint density at radius 2 is 2.53 bits per heavy atom. The summed E-state index contributed by atoms with van der Waals surface area (Å²) in [4.78, 5) is 17.3. The first-order chi connectivity index (χ1) is 9.29. The topological polar surface area (TPSA) is 55.3 Å². The first-order valence-corrected chi connectivity index (χ1v) is 7.76. The zero-order valence-electron chi connectivity index (χ0n) is 10.6. The van der Waals surface area contributed by atoms with Gasteiger partial charge in [-0.05, 0) is 17.6 Å². The second kappa shape index (κ2) is 7.30. The molecule has 1 aromatic rings. The number of aromatic nitrogens is 2. The van der Waals surface area contributed by atoms with Crippen molar-refractivity contribution in [2.75, 3.05) is 25.3 Å². The Kier molecular flexibility index (Phi) is 5.41. The van der Waals surface area contributed by atoms with E-state index in [1.807, 2.05) is 6.08 Å². The molecule has 7 heteroatoms. The van der Waals surface area contributed by atoms with Crippen LogP contribution in [0.2, 0.25) is 0 Å². The lowest BCUT2D eigenvalue weighted by atomic mass is 10.2. The van der Waals surface area contributed by atoms with Gasteiger partial charge < -0.3 is 9.64 Å². The van der Waals surface area contributed by atoms with Crippen LogP contribution in [0.25, 0.3) is 5.57 Å². The van der Waals surface area contributed by atoms with Crippen molar-refractivity contribution in [3.05, 3.63) is 29.7 Å². The van der Waals surface area contributed by atoms with Crippen LogP contribution in [0.15, 0.2) is 24.7 Å². The fourth-order valence-corrected chi connectivity index (χ4v) is 2.94. The van der Waals surface area contributed by atoms with E-state index in [4.69, 9.17) is 0 Å². The normalized spacial score (nSPS) is 14.4. The predicted octanol–water partition coefficient (Wildman–Crippen LogP) is 2.00. The summed E-state index contributed by atoms with van der Waals surface area (Å²) in [5.41, 5.74) is 1.12. The number of allylic oxidation sites excluding steroid dienone is 2. The number of thioether (sulfide) groups is 1. The maximum Gasteiger partial charge on any atom is 0.306 e. The number of carbonyl (C=O) groups excluding carboxylic acids is 1. The van der Waals surface area contributed by atoms with Crippen LogP contribution in [0.3, 0.4) is 0 Å². The quantitative estimate of drug-likeness (QED) is 0.591. The molecule has 0 aromatic carbocycles. The monoisotopic (exact) mass is 297 g/mol. The molecule has 1 aliphatic heterocycles. The molecule has 0 N–H and O–H groups in total. The van der Waals surface area contributed by atoms with E-state index in [0.29, 0.717) is 6.42 Å². The molecule has 1 aliphatic rings. The summed E-state index contributed by atoms with van der Waals surface area (Å²) in [5, 5.41) is 0.953. The maximum absolute atomic E-state index is 11.0. The molecule has 0 radical (unpaired) electrons. The lowest BCUT2D eigenvalue weighted by Gasteiger charge is -2.21. The molecule has 102 valence electrons. The van der Waals surface area contributed by atoms with Crippen molar-refractivity contribution >= 4 is 34.8 Å². The molecule has 5 nitrogen and oxygen atoms in total. The van der Waals surface area contributed by atoms with Crippen LogP contribution in [0.4, 0.5) is 0 Å². The van der Waals surface area contributed by atoms with E-state index in [1.165, 1.54) is 18.6 Å². The Morgan fingerprint density at radius 1 is 1.63 bits per heavy atom. The summed E-state index contributed by atoms with van der Waals surface area (Å²) < 4.78 is 8.59. The predicted molar refractivity (Wildman–Crippen MR) is 77.7 cm³/mol. The third-order valence-corrected chi connectivity index (χ3v) is 4.27. The lowest BCUT2D eigenvalue weighted by molar-refractivity contribution is -0.140. The maximum atomic E-state index is 11.0. The van der Waals surface area contributed by atoms with Crippen molar-refractivity contribution in [1.82, 2.24) is 14.3 Å². The third kappa shape index (κ3) is 4.36. The highest BCUT2D eigenvalue weighted by Gasteiger charge is 2.09. The number of nitrogens with zero attached hydrogens (tertiary/aromatic N) is 3. The average Bonchev–Trinajstić information content (AvgIpc) is 2.98. The number of hydrogen-bond donors (Lipinski definition) is 0. The first kappa shape index (κ1) is 14.1. The molecule has 2 rings (SSSR count). The summed E-state index contributed by atoms with van der Waals surface area (Å²) in [7, 11) is 1.42. The smallest absolute Gasteiger partial charge is 0.306 e. The van der Waals surface area contributed by atoms with E-state index in [1.54, 1.807) is 18.1 Å². The molecule has 19 heavy (non-hydrogen) atoms. The molecule has 2 heterocycles. The molecular formula is C12H15N3O2S2. The molecule has 0 unspecified atom stereocenters. The number of methoxy groups -OCH3 is 1. The fourth-order valence-electron chi connectivity index (χ4n) is 1.52. The SMILES string of the molecule is COC(=O)CCSCN1C=CC(c2ncns2)=CC1. The van der Waals surface area contributed by atoms with E-state index in [2.05, 4.69) is 31.3 Å². The molecule has 0 fully saturated rings. The van der Waals surface area contributed by atoms with E-state index in [0.717, 1.165) is 28.8 Å². The zero-order valence-corrected chi connectivity index (χ0v) is 12.2. The van der Waals surface area contributed by atoms with Crippen molar-refractivity contribution in [1.29, 1.82) is 0 Å². The highest BCUT2D eigenvalue weighted by molar-refractivity contribution is 7.99. The van der Waals surface area contributed by atoms with Crippen molar-refractivity contribution in [3.63, 3.8) is 0 Å². The van der Waals surface area contributed by atoms with E-state index in [9.17, 15) is 4.79 Å². The van der Waals surface area contributed by atoms with Crippen molar-refractivity contribution in [2.24, 2.45) is 0 Å². The van der Waals surface area contributed by atoms with Crippen LogP contribution < -0.4 is 0 Å². The first-order valence-electron chi connectivity index (χ1n) is 5.83. The Hall–Kier alpha value is -1.34. The second-order valence-corrected chi connectivity index (χ2v) is 5.71. The summed E-state index contributed by atoms with van der Waals surface area (Å²) in [6.45, 7) is 0.858. The van der Waals surface area contributed by atoms with Crippen LogP contribution in [0.1, 0.15) is 11.4 Å². The van der Waals surface area contributed by atoms with Crippen LogP contribution in [0, 0.1) is 0 Å². The fraction of sp³-hybridized carbons (Fsp3) is 0.417. The van der Waals surface area contributed by atoms with Crippen LogP contribution in [-0.4, -0.2) is 45.5 Å². The van der Waals surface area contributed by atoms with Gasteiger partial charge in [-0.3, -0.25) is 4.79 Å². The molecule has 0 aliphatic carbocycles. The number of carbonyl (C=O) groups is 1. The van der Waals surface area contributed by atoms with Crippen molar-refractivity contribution in [3.8, 4) is 0 Å². The number of hydrogen-bond acceptors (Lipinski definition) is 7.